The van der Waals surface area contributed by atoms with Crippen LogP contribution in [0.25, 0.3) is 10.2 Å². The number of para-hydroxylation sites is 1. The van der Waals surface area contributed by atoms with Gasteiger partial charge in [0, 0.05) is 12.1 Å². The zero-order valence-electron chi connectivity index (χ0n) is 17.8. The molecule has 1 N–H and O–H groups in total. The molecule has 2 aromatic carbocycles. The smallest absolute Gasteiger partial charge is 0.313 e. The van der Waals surface area contributed by atoms with Crippen LogP contribution in [0.5, 0.6) is 0 Å². The number of nitrogens with zero attached hydrogens (tertiary/aromatic N) is 2. The second-order valence-corrected chi connectivity index (χ2v) is 9.36. The Kier molecular flexibility index (Phi) is 6.81. The van der Waals surface area contributed by atoms with E-state index >= 15 is 0 Å². The van der Waals surface area contributed by atoms with Gasteiger partial charge in [0.25, 0.3) is 5.91 Å². The number of benzene rings is 2. The summed E-state index contributed by atoms with van der Waals surface area (Å²) in [6.07, 6.45) is 5.43. The summed E-state index contributed by atoms with van der Waals surface area (Å²) in [6.45, 7) is -0.319. The number of esters is 1. The zero-order chi connectivity index (χ0) is 22.4. The average molecular weight is 448 g/mol. The summed E-state index contributed by atoms with van der Waals surface area (Å²) in [5.74, 6) is -0.687. The third-order valence-electron chi connectivity index (χ3n) is 5.93. The number of nitriles is 1. The Morgan fingerprint density at radius 2 is 1.84 bits per heavy atom. The van der Waals surface area contributed by atoms with Gasteiger partial charge < -0.3 is 10.1 Å². The summed E-state index contributed by atoms with van der Waals surface area (Å²) >= 11 is 1.62. The van der Waals surface area contributed by atoms with Gasteiger partial charge in [0.1, 0.15) is 0 Å². The fourth-order valence-corrected chi connectivity index (χ4v) is 5.36. The lowest BCUT2D eigenvalue weighted by molar-refractivity contribution is -0.160. The number of aromatic nitrogens is 1. The van der Waals surface area contributed by atoms with Crippen LogP contribution in [-0.4, -0.2) is 23.5 Å². The molecule has 32 heavy (non-hydrogen) atoms. The van der Waals surface area contributed by atoms with Gasteiger partial charge in [0.2, 0.25) is 0 Å². The van der Waals surface area contributed by atoms with Crippen molar-refractivity contribution in [1.82, 2.24) is 4.98 Å². The second kappa shape index (κ2) is 9.92. The Hall–Kier alpha value is -3.24. The molecule has 1 amide bonds. The topological polar surface area (TPSA) is 92.1 Å². The van der Waals surface area contributed by atoms with Crippen molar-refractivity contribution in [3.05, 3.63) is 59.1 Å². The average Bonchev–Trinajstić information content (AvgIpc) is 3.21. The van der Waals surface area contributed by atoms with Crippen molar-refractivity contribution < 1.29 is 14.3 Å². The fraction of sp³-hybridized carbons (Fsp3) is 0.360. The third-order valence-corrected chi connectivity index (χ3v) is 6.96. The molecule has 0 radical (unpaired) electrons. The van der Waals surface area contributed by atoms with Crippen molar-refractivity contribution in [3.8, 4) is 6.07 Å². The van der Waals surface area contributed by atoms with Crippen molar-refractivity contribution in [2.24, 2.45) is 5.41 Å². The van der Waals surface area contributed by atoms with Gasteiger partial charge >= 0.3 is 5.97 Å². The Morgan fingerprint density at radius 1 is 1.09 bits per heavy atom. The fourth-order valence-electron chi connectivity index (χ4n) is 4.25. The lowest BCUT2D eigenvalue weighted by Crippen LogP contribution is -2.38. The Labute approximate surface area is 191 Å². The monoisotopic (exact) mass is 447 g/mol. The summed E-state index contributed by atoms with van der Waals surface area (Å²) in [6, 6.07) is 17.1. The summed E-state index contributed by atoms with van der Waals surface area (Å²) in [5, 5.41) is 12.4. The number of rotatable bonds is 7. The van der Waals surface area contributed by atoms with Crippen LogP contribution in [-0.2, 0) is 27.2 Å². The highest BCUT2D eigenvalue weighted by Crippen LogP contribution is 2.41. The van der Waals surface area contributed by atoms with Gasteiger partial charge in [0.15, 0.2) is 6.61 Å². The molecule has 1 saturated carbocycles. The summed E-state index contributed by atoms with van der Waals surface area (Å²) in [4.78, 5) is 30.2. The normalized spacial score (nSPS) is 15.1. The number of carbonyl (C=O) groups is 2. The molecule has 0 aliphatic heterocycles. The summed E-state index contributed by atoms with van der Waals surface area (Å²) in [5.41, 5.74) is 1.82. The van der Waals surface area contributed by atoms with Crippen LogP contribution < -0.4 is 5.32 Å². The molecule has 1 aliphatic carbocycles. The highest BCUT2D eigenvalue weighted by Gasteiger charge is 2.42. The number of carbonyl (C=O) groups excluding carboxylic acids is 2. The molecule has 0 bridgehead atoms. The highest BCUT2D eigenvalue weighted by molar-refractivity contribution is 7.18. The van der Waals surface area contributed by atoms with Gasteiger partial charge in [-0.05, 0) is 42.7 Å². The predicted octanol–water partition coefficient (Wildman–Crippen LogP) is 5.04. The minimum atomic E-state index is -0.620. The molecule has 1 fully saturated rings. The van der Waals surface area contributed by atoms with Crippen LogP contribution in [0.4, 0.5) is 5.69 Å². The number of anilines is 1. The number of hydrogen-bond acceptors (Lipinski definition) is 6. The maximum absolute atomic E-state index is 13.2. The van der Waals surface area contributed by atoms with E-state index in [1.54, 1.807) is 35.6 Å². The first-order valence-electron chi connectivity index (χ1n) is 10.9. The number of thiazole rings is 1. The lowest BCUT2D eigenvalue weighted by atomic mass is 9.72. The zero-order valence-corrected chi connectivity index (χ0v) is 18.6. The molecular formula is C25H25N3O3S. The molecule has 6 nitrogen and oxygen atoms in total. The van der Waals surface area contributed by atoms with Gasteiger partial charge in [-0.25, -0.2) is 4.98 Å². The van der Waals surface area contributed by atoms with Crippen LogP contribution >= 0.6 is 11.3 Å². The quantitative estimate of drug-likeness (QED) is 0.513. The molecule has 0 spiro atoms. The maximum Gasteiger partial charge on any atom is 0.313 e. The van der Waals surface area contributed by atoms with Gasteiger partial charge in [-0.3, -0.25) is 9.59 Å². The van der Waals surface area contributed by atoms with E-state index in [4.69, 9.17) is 15.0 Å². The van der Waals surface area contributed by atoms with E-state index in [0.717, 1.165) is 52.9 Å². The molecule has 0 unspecified atom stereocenters. The lowest BCUT2D eigenvalue weighted by Gasteiger charge is -2.34. The minimum absolute atomic E-state index is 0.309. The van der Waals surface area contributed by atoms with Gasteiger partial charge in [-0.1, -0.05) is 43.5 Å². The number of amides is 1. The highest BCUT2D eigenvalue weighted by atomic mass is 32.1. The van der Waals surface area contributed by atoms with Crippen molar-refractivity contribution in [2.75, 3.05) is 11.9 Å². The second-order valence-electron chi connectivity index (χ2n) is 8.25. The van der Waals surface area contributed by atoms with Crippen LogP contribution in [0, 0.1) is 16.7 Å². The van der Waals surface area contributed by atoms with Gasteiger partial charge in [-0.15, -0.1) is 11.3 Å². The molecule has 4 rings (SSSR count). The molecule has 0 saturated heterocycles. The van der Waals surface area contributed by atoms with Crippen molar-refractivity contribution >= 4 is 39.1 Å². The van der Waals surface area contributed by atoms with E-state index in [1.807, 2.05) is 24.3 Å². The number of ether oxygens (including phenoxy) is 1. The Morgan fingerprint density at radius 3 is 2.56 bits per heavy atom. The number of hydrogen-bond donors (Lipinski definition) is 1. The van der Waals surface area contributed by atoms with E-state index in [-0.39, 0.29) is 18.5 Å². The summed E-state index contributed by atoms with van der Waals surface area (Å²) in [7, 11) is 0. The molecule has 164 valence electrons. The predicted molar refractivity (Wildman–Crippen MR) is 124 cm³/mol. The molecule has 7 heteroatoms. The number of nitrogens with one attached hydrogen (secondary N) is 1. The first kappa shape index (κ1) is 22.0. The van der Waals surface area contributed by atoms with Crippen molar-refractivity contribution in [2.45, 2.75) is 44.9 Å². The van der Waals surface area contributed by atoms with Crippen molar-refractivity contribution in [3.63, 3.8) is 0 Å². The van der Waals surface area contributed by atoms with Crippen LogP contribution in [0.1, 0.15) is 42.7 Å². The Balaban J connectivity index is 1.39. The first-order valence-corrected chi connectivity index (χ1v) is 11.7. The minimum Gasteiger partial charge on any atom is -0.455 e. The van der Waals surface area contributed by atoms with Crippen LogP contribution in [0.2, 0.25) is 0 Å². The maximum atomic E-state index is 13.2. The number of fused-ring (bicyclic) bond motifs is 1. The van der Waals surface area contributed by atoms with Crippen molar-refractivity contribution in [1.29, 1.82) is 5.26 Å². The van der Waals surface area contributed by atoms with E-state index in [9.17, 15) is 9.59 Å². The molecule has 1 aromatic heterocycles. The first-order chi connectivity index (χ1) is 15.6. The van der Waals surface area contributed by atoms with E-state index in [2.05, 4.69) is 11.4 Å². The summed E-state index contributed by atoms with van der Waals surface area (Å²) < 4.78 is 6.62. The molecule has 3 aromatic rings. The largest absolute Gasteiger partial charge is 0.455 e. The molecular weight excluding hydrogens is 422 g/mol. The Bertz CT molecular complexity index is 1110. The SMILES string of the molecule is N#CCc1ccc(NC(=O)COC(=O)C2(Cc3nc4ccccc4s3)CCCCC2)cc1. The van der Waals surface area contributed by atoms with E-state index in [0.29, 0.717) is 18.5 Å². The molecule has 1 heterocycles. The molecule has 0 atom stereocenters. The van der Waals surface area contributed by atoms with Gasteiger partial charge in [-0.2, -0.15) is 5.26 Å². The van der Waals surface area contributed by atoms with Crippen LogP contribution in [0.3, 0.4) is 0 Å². The van der Waals surface area contributed by atoms with E-state index in [1.165, 1.54) is 0 Å². The van der Waals surface area contributed by atoms with Crippen LogP contribution in [0.15, 0.2) is 48.5 Å². The van der Waals surface area contributed by atoms with Gasteiger partial charge in [0.05, 0.1) is 33.1 Å². The third kappa shape index (κ3) is 5.14. The van der Waals surface area contributed by atoms with E-state index < -0.39 is 5.41 Å². The molecule has 1 aliphatic rings. The standard InChI is InChI=1S/C25H25N3O3S/c26-15-12-18-8-10-19(11-9-18)27-22(29)17-31-24(30)25(13-4-1-5-14-25)16-23-28-20-6-2-3-7-21(20)32-23/h2-3,6-11H,1,4-5,12-14,16-17H2,(H,27,29).